The Balaban J connectivity index is 1.45. The van der Waals surface area contributed by atoms with E-state index in [0.717, 1.165) is 16.7 Å². The standard InChI is InChI=1S/C29H25F3O/c1-3-19-4-9-22(10-5-19)26-16-14-23(28(31)29(26)32)13-8-20-6-11-21(12-7-20)25-17-15-24(33-2)18-27(25)30/h3-7,9-12,14,16-18,24H,1,8,13,15H2,2H3. The van der Waals surface area contributed by atoms with Crippen molar-refractivity contribution < 1.29 is 17.9 Å². The lowest BCUT2D eigenvalue weighted by Crippen LogP contribution is -2.10. The van der Waals surface area contributed by atoms with Gasteiger partial charge in [-0.05, 0) is 53.2 Å². The van der Waals surface area contributed by atoms with Gasteiger partial charge in [0.1, 0.15) is 5.83 Å². The zero-order chi connectivity index (χ0) is 23.4. The predicted octanol–water partition coefficient (Wildman–Crippen LogP) is 7.72. The third kappa shape index (κ3) is 5.01. The molecule has 33 heavy (non-hydrogen) atoms. The Hall–Kier alpha value is -3.37. The van der Waals surface area contributed by atoms with Crippen LogP contribution in [0.4, 0.5) is 13.2 Å². The third-order valence-corrected chi connectivity index (χ3v) is 6.01. The maximum Gasteiger partial charge on any atom is 0.166 e. The van der Waals surface area contributed by atoms with Crippen molar-refractivity contribution in [3.05, 3.63) is 119 Å². The smallest absolute Gasteiger partial charge is 0.166 e. The zero-order valence-corrected chi connectivity index (χ0v) is 18.5. The van der Waals surface area contributed by atoms with Crippen LogP contribution in [0.5, 0.6) is 0 Å². The maximum atomic E-state index is 14.8. The van der Waals surface area contributed by atoms with Gasteiger partial charge in [-0.2, -0.15) is 0 Å². The number of allylic oxidation sites excluding steroid dienone is 2. The Morgan fingerprint density at radius 1 is 0.879 bits per heavy atom. The first kappa shape index (κ1) is 22.8. The molecule has 1 aliphatic rings. The number of rotatable bonds is 7. The lowest BCUT2D eigenvalue weighted by Gasteiger charge is -2.17. The quantitative estimate of drug-likeness (QED) is 0.361. The molecule has 168 valence electrons. The van der Waals surface area contributed by atoms with Crippen molar-refractivity contribution >= 4 is 11.6 Å². The summed E-state index contributed by atoms with van der Waals surface area (Å²) in [5.41, 5.74) is 4.42. The Bertz CT molecular complexity index is 1200. The summed E-state index contributed by atoms with van der Waals surface area (Å²) in [4.78, 5) is 0. The van der Waals surface area contributed by atoms with Crippen LogP contribution in [0.2, 0.25) is 0 Å². The third-order valence-electron chi connectivity index (χ3n) is 6.01. The molecule has 1 unspecified atom stereocenters. The van der Waals surface area contributed by atoms with Crippen LogP contribution in [0, 0.1) is 11.6 Å². The molecule has 4 rings (SSSR count). The van der Waals surface area contributed by atoms with Gasteiger partial charge in [-0.25, -0.2) is 13.2 Å². The van der Waals surface area contributed by atoms with Crippen LogP contribution in [0.25, 0.3) is 22.8 Å². The van der Waals surface area contributed by atoms with E-state index in [2.05, 4.69) is 6.58 Å². The highest BCUT2D eigenvalue weighted by Gasteiger charge is 2.17. The van der Waals surface area contributed by atoms with Crippen molar-refractivity contribution in [2.24, 2.45) is 0 Å². The molecular weight excluding hydrogens is 421 g/mol. The first-order chi connectivity index (χ1) is 16.0. The normalized spacial score (nSPS) is 15.7. The highest BCUT2D eigenvalue weighted by molar-refractivity contribution is 5.78. The number of aryl methyl sites for hydroxylation is 2. The highest BCUT2D eigenvalue weighted by atomic mass is 19.2. The van der Waals surface area contributed by atoms with Gasteiger partial charge in [0.05, 0.1) is 6.10 Å². The fourth-order valence-corrected chi connectivity index (χ4v) is 4.01. The summed E-state index contributed by atoms with van der Waals surface area (Å²) < 4.78 is 49.0. The minimum atomic E-state index is -0.838. The molecule has 0 amide bonds. The van der Waals surface area contributed by atoms with Crippen molar-refractivity contribution in [3.8, 4) is 11.1 Å². The number of hydrogen-bond donors (Lipinski definition) is 0. The fraction of sp³-hybridized carbons (Fsp3) is 0.172. The second-order valence-corrected chi connectivity index (χ2v) is 8.07. The van der Waals surface area contributed by atoms with E-state index in [4.69, 9.17) is 4.74 Å². The minimum absolute atomic E-state index is 0.235. The van der Waals surface area contributed by atoms with Crippen molar-refractivity contribution in [2.75, 3.05) is 7.11 Å². The lowest BCUT2D eigenvalue weighted by atomic mass is 9.95. The van der Waals surface area contributed by atoms with Crippen molar-refractivity contribution in [3.63, 3.8) is 0 Å². The van der Waals surface area contributed by atoms with E-state index in [0.29, 0.717) is 36.0 Å². The SMILES string of the molecule is C=Cc1ccc(-c2ccc(CCc3ccc(C4=CCC(OC)C=C4F)cc3)c(F)c2F)cc1. The fourth-order valence-electron chi connectivity index (χ4n) is 4.01. The summed E-state index contributed by atoms with van der Waals surface area (Å²) in [6.45, 7) is 3.70. The molecule has 0 saturated carbocycles. The molecule has 1 atom stereocenters. The van der Waals surface area contributed by atoms with Crippen molar-refractivity contribution in [2.45, 2.75) is 25.4 Å². The Morgan fingerprint density at radius 2 is 1.58 bits per heavy atom. The number of benzene rings is 3. The Morgan fingerprint density at radius 3 is 2.21 bits per heavy atom. The molecular formula is C29H25F3O. The number of halogens is 3. The zero-order valence-electron chi connectivity index (χ0n) is 18.5. The highest BCUT2D eigenvalue weighted by Crippen LogP contribution is 2.31. The Kier molecular flexibility index (Phi) is 6.95. The molecule has 4 heteroatoms. The van der Waals surface area contributed by atoms with Gasteiger partial charge >= 0.3 is 0 Å². The molecule has 0 saturated heterocycles. The summed E-state index contributed by atoms with van der Waals surface area (Å²) in [5.74, 6) is -1.95. The molecule has 0 fully saturated rings. The van der Waals surface area contributed by atoms with Gasteiger partial charge in [0.2, 0.25) is 0 Å². The van der Waals surface area contributed by atoms with Gasteiger partial charge in [-0.1, -0.05) is 79.4 Å². The first-order valence-electron chi connectivity index (χ1n) is 10.9. The van der Waals surface area contributed by atoms with Gasteiger partial charge in [0.15, 0.2) is 11.6 Å². The van der Waals surface area contributed by atoms with E-state index in [9.17, 15) is 13.2 Å². The van der Waals surface area contributed by atoms with Gasteiger partial charge in [-0.15, -0.1) is 0 Å². The number of methoxy groups -OCH3 is 1. The van der Waals surface area contributed by atoms with Crippen molar-refractivity contribution in [1.82, 2.24) is 0 Å². The van der Waals surface area contributed by atoms with Crippen LogP contribution in [-0.4, -0.2) is 13.2 Å². The summed E-state index contributed by atoms with van der Waals surface area (Å²) >= 11 is 0. The average molecular weight is 447 g/mol. The molecule has 1 aliphatic carbocycles. The second kappa shape index (κ2) is 10.1. The molecule has 0 bridgehead atoms. The van der Waals surface area contributed by atoms with E-state index in [1.807, 2.05) is 42.5 Å². The van der Waals surface area contributed by atoms with E-state index >= 15 is 0 Å². The van der Waals surface area contributed by atoms with Crippen molar-refractivity contribution in [1.29, 1.82) is 0 Å². The molecule has 0 aromatic heterocycles. The molecule has 0 radical (unpaired) electrons. The number of ether oxygens (including phenoxy) is 1. The first-order valence-corrected chi connectivity index (χ1v) is 10.9. The monoisotopic (exact) mass is 446 g/mol. The topological polar surface area (TPSA) is 9.23 Å². The molecule has 3 aromatic carbocycles. The predicted molar refractivity (Wildman–Crippen MR) is 128 cm³/mol. The van der Waals surface area contributed by atoms with Gasteiger partial charge < -0.3 is 4.74 Å². The van der Waals surface area contributed by atoms with E-state index in [1.165, 1.54) is 6.08 Å². The van der Waals surface area contributed by atoms with Crippen LogP contribution in [0.1, 0.15) is 28.7 Å². The summed E-state index contributed by atoms with van der Waals surface area (Å²) in [7, 11) is 1.56. The largest absolute Gasteiger partial charge is 0.377 e. The summed E-state index contributed by atoms with van der Waals surface area (Å²) in [5, 5.41) is 0. The van der Waals surface area contributed by atoms with Crippen LogP contribution in [-0.2, 0) is 17.6 Å². The summed E-state index contributed by atoms with van der Waals surface area (Å²) in [6, 6.07) is 17.9. The molecule has 0 spiro atoms. The van der Waals surface area contributed by atoms with Crippen LogP contribution in [0.3, 0.4) is 0 Å². The van der Waals surface area contributed by atoms with E-state index in [1.54, 1.807) is 37.5 Å². The average Bonchev–Trinajstić information content (AvgIpc) is 2.85. The maximum absolute atomic E-state index is 14.8. The van der Waals surface area contributed by atoms with Gasteiger partial charge in [0, 0.05) is 18.2 Å². The molecule has 0 aliphatic heterocycles. The molecule has 3 aromatic rings. The molecule has 0 N–H and O–H groups in total. The van der Waals surface area contributed by atoms with E-state index < -0.39 is 11.6 Å². The van der Waals surface area contributed by atoms with Crippen LogP contribution >= 0.6 is 0 Å². The molecule has 0 heterocycles. The minimum Gasteiger partial charge on any atom is -0.377 e. The van der Waals surface area contributed by atoms with Gasteiger partial charge in [0.25, 0.3) is 0 Å². The number of hydrogen-bond acceptors (Lipinski definition) is 1. The lowest BCUT2D eigenvalue weighted by molar-refractivity contribution is 0.141. The van der Waals surface area contributed by atoms with Crippen LogP contribution in [0.15, 0.2) is 85.2 Å². The van der Waals surface area contributed by atoms with Gasteiger partial charge in [-0.3, -0.25) is 0 Å². The second-order valence-electron chi connectivity index (χ2n) is 8.07. The van der Waals surface area contributed by atoms with E-state index in [-0.39, 0.29) is 17.5 Å². The Labute approximate surface area is 192 Å². The molecule has 1 nitrogen and oxygen atoms in total. The van der Waals surface area contributed by atoms with Crippen LogP contribution < -0.4 is 0 Å². The summed E-state index contributed by atoms with van der Waals surface area (Å²) in [6.07, 6.45) is 6.33.